The number of nitrogens with one attached hydrogen (secondary N) is 1. The Morgan fingerprint density at radius 2 is 1.96 bits per heavy atom. The maximum atomic E-state index is 14.4. The Bertz CT molecular complexity index is 1160. The van der Waals surface area contributed by atoms with Crippen LogP contribution in [0.15, 0.2) is 42.5 Å². The van der Waals surface area contributed by atoms with Crippen molar-refractivity contribution >= 4 is 28.5 Å². The molecule has 28 heavy (non-hydrogen) atoms. The molecule has 3 amide bonds. The second-order valence-corrected chi connectivity index (χ2v) is 7.24. The van der Waals surface area contributed by atoms with E-state index in [2.05, 4.69) is 4.98 Å². The Labute approximate surface area is 160 Å². The van der Waals surface area contributed by atoms with Gasteiger partial charge in [-0.25, -0.2) is 14.1 Å². The number of fused-ring (bicyclic) bond motifs is 5. The van der Waals surface area contributed by atoms with Gasteiger partial charge >= 0.3 is 6.03 Å². The highest BCUT2D eigenvalue weighted by Crippen LogP contribution is 2.45. The van der Waals surface area contributed by atoms with E-state index in [0.717, 1.165) is 27.1 Å². The lowest BCUT2D eigenvalue weighted by Crippen LogP contribution is -2.49. The van der Waals surface area contributed by atoms with Crippen LogP contribution in [0.25, 0.3) is 10.9 Å². The van der Waals surface area contributed by atoms with Crippen molar-refractivity contribution < 1.29 is 18.7 Å². The Morgan fingerprint density at radius 3 is 2.71 bits per heavy atom. The molecule has 2 aliphatic rings. The van der Waals surface area contributed by atoms with Crippen LogP contribution in [0, 0.1) is 5.82 Å². The average Bonchev–Trinajstić information content (AvgIpc) is 3.16. The number of nitrogens with zero attached hydrogens (tertiary/aromatic N) is 2. The number of para-hydroxylation sites is 1. The molecule has 0 spiro atoms. The van der Waals surface area contributed by atoms with Gasteiger partial charge in [0, 0.05) is 17.4 Å². The molecule has 0 aliphatic carbocycles. The summed E-state index contributed by atoms with van der Waals surface area (Å²) in [5.41, 5.74) is 1.31. The Morgan fingerprint density at radius 1 is 1.18 bits per heavy atom. The molecular formula is C21H18FN3O3. The summed E-state index contributed by atoms with van der Waals surface area (Å²) in [6, 6.07) is 11.0. The zero-order chi connectivity index (χ0) is 19.6. The lowest BCUT2D eigenvalue weighted by molar-refractivity contribution is -0.125. The number of hydrogen-bond acceptors (Lipinski definition) is 3. The van der Waals surface area contributed by atoms with Gasteiger partial charge < -0.3 is 14.6 Å². The van der Waals surface area contributed by atoms with Gasteiger partial charge in [-0.1, -0.05) is 12.1 Å². The number of methoxy groups -OCH3 is 1. The number of aromatic amines is 1. The first-order valence-electron chi connectivity index (χ1n) is 9.06. The molecule has 0 bridgehead atoms. The summed E-state index contributed by atoms with van der Waals surface area (Å²) in [5.74, 6) is -0.333. The smallest absolute Gasteiger partial charge is 0.332 e. The predicted molar refractivity (Wildman–Crippen MR) is 102 cm³/mol. The zero-order valence-corrected chi connectivity index (χ0v) is 15.5. The van der Waals surface area contributed by atoms with Crippen LogP contribution in [0.4, 0.5) is 14.9 Å². The van der Waals surface area contributed by atoms with Crippen molar-refractivity contribution in [3.05, 3.63) is 59.5 Å². The van der Waals surface area contributed by atoms with Crippen LogP contribution in [0.5, 0.6) is 5.75 Å². The van der Waals surface area contributed by atoms with E-state index < -0.39 is 23.3 Å². The minimum atomic E-state index is -1.21. The summed E-state index contributed by atoms with van der Waals surface area (Å²) in [6.45, 7) is 2.10. The molecule has 6 nitrogen and oxygen atoms in total. The van der Waals surface area contributed by atoms with Crippen LogP contribution in [0.2, 0.25) is 0 Å². The lowest BCUT2D eigenvalue weighted by Gasteiger charge is -2.35. The zero-order valence-electron chi connectivity index (χ0n) is 15.5. The molecule has 1 N–H and O–H groups in total. The fourth-order valence-corrected chi connectivity index (χ4v) is 4.39. The number of amides is 3. The van der Waals surface area contributed by atoms with Crippen molar-refractivity contribution in [2.45, 2.75) is 18.9 Å². The molecule has 1 fully saturated rings. The van der Waals surface area contributed by atoms with Crippen LogP contribution in [-0.4, -0.2) is 35.5 Å². The topological polar surface area (TPSA) is 65.6 Å². The first kappa shape index (κ1) is 16.8. The SMILES string of the molecule is COc1ccc2[nH]c3c(c2c1)CCN1C(=O)N(c2ccccc2F)C(=O)[C@@]31C. The third-order valence-electron chi connectivity index (χ3n) is 5.86. The molecule has 5 rings (SSSR count). The largest absolute Gasteiger partial charge is 0.497 e. The number of H-pyrrole nitrogens is 1. The van der Waals surface area contributed by atoms with Crippen LogP contribution in [0.1, 0.15) is 18.2 Å². The van der Waals surface area contributed by atoms with E-state index in [1.807, 2.05) is 18.2 Å². The van der Waals surface area contributed by atoms with E-state index in [1.165, 1.54) is 23.1 Å². The van der Waals surface area contributed by atoms with Crippen molar-refractivity contribution in [3.63, 3.8) is 0 Å². The van der Waals surface area contributed by atoms with Gasteiger partial charge in [0.1, 0.15) is 11.6 Å². The molecule has 1 saturated heterocycles. The summed E-state index contributed by atoms with van der Waals surface area (Å²) >= 11 is 0. The number of benzene rings is 2. The van der Waals surface area contributed by atoms with Crippen molar-refractivity contribution in [2.24, 2.45) is 0 Å². The molecule has 3 heterocycles. The van der Waals surface area contributed by atoms with Gasteiger partial charge in [0.15, 0.2) is 5.54 Å². The standard InChI is InChI=1S/C21H18FN3O3/c1-21-18-13(14-11-12(28-2)7-8-16(14)23-18)9-10-24(21)20(27)25(19(21)26)17-6-4-3-5-15(17)22/h3-8,11,23H,9-10H2,1-2H3/t21-/m1/s1. The number of aromatic nitrogens is 1. The number of halogens is 1. The summed E-state index contributed by atoms with van der Waals surface area (Å²) < 4.78 is 19.7. The van der Waals surface area contributed by atoms with Crippen molar-refractivity contribution in [1.82, 2.24) is 9.88 Å². The molecular weight excluding hydrogens is 361 g/mol. The highest BCUT2D eigenvalue weighted by Gasteiger charge is 2.59. The summed E-state index contributed by atoms with van der Waals surface area (Å²) in [5, 5.41) is 0.972. The molecule has 7 heteroatoms. The van der Waals surface area contributed by atoms with Crippen molar-refractivity contribution in [2.75, 3.05) is 18.6 Å². The average molecular weight is 379 g/mol. The monoisotopic (exact) mass is 379 g/mol. The van der Waals surface area contributed by atoms with Gasteiger partial charge in [0.25, 0.3) is 5.91 Å². The fourth-order valence-electron chi connectivity index (χ4n) is 4.39. The quantitative estimate of drug-likeness (QED) is 0.693. The molecule has 142 valence electrons. The molecule has 0 radical (unpaired) electrons. The number of anilines is 1. The number of hydrogen-bond donors (Lipinski definition) is 1. The van der Waals surface area contributed by atoms with Gasteiger partial charge in [-0.3, -0.25) is 4.79 Å². The number of carbonyl (C=O) groups excluding carboxylic acids is 2. The molecule has 3 aromatic rings. The lowest BCUT2D eigenvalue weighted by atomic mass is 9.87. The first-order chi connectivity index (χ1) is 13.5. The molecule has 2 aliphatic heterocycles. The van der Waals surface area contributed by atoms with Gasteiger partial charge in [0.2, 0.25) is 0 Å². The Hall–Kier alpha value is -3.35. The van der Waals surface area contributed by atoms with Crippen LogP contribution >= 0.6 is 0 Å². The number of urea groups is 1. The minimum Gasteiger partial charge on any atom is -0.497 e. The molecule has 1 atom stereocenters. The maximum Gasteiger partial charge on any atom is 0.332 e. The number of imide groups is 1. The third-order valence-corrected chi connectivity index (χ3v) is 5.86. The summed E-state index contributed by atoms with van der Waals surface area (Å²) in [7, 11) is 1.61. The van der Waals surface area contributed by atoms with E-state index in [4.69, 9.17) is 4.74 Å². The molecule has 1 aromatic heterocycles. The second kappa shape index (κ2) is 5.58. The minimum absolute atomic E-state index is 0.0209. The highest BCUT2D eigenvalue weighted by atomic mass is 19.1. The van der Waals surface area contributed by atoms with Gasteiger partial charge in [-0.2, -0.15) is 0 Å². The maximum absolute atomic E-state index is 14.4. The first-order valence-corrected chi connectivity index (χ1v) is 9.06. The van der Waals surface area contributed by atoms with Gasteiger partial charge in [-0.15, -0.1) is 0 Å². The van der Waals surface area contributed by atoms with Crippen molar-refractivity contribution in [1.29, 1.82) is 0 Å². The van der Waals surface area contributed by atoms with E-state index in [0.29, 0.717) is 18.7 Å². The van der Waals surface area contributed by atoms with Crippen LogP contribution in [-0.2, 0) is 16.8 Å². The van der Waals surface area contributed by atoms with Gasteiger partial charge in [-0.05, 0) is 49.2 Å². The van der Waals surface area contributed by atoms with Crippen molar-refractivity contribution in [3.8, 4) is 5.75 Å². The summed E-state index contributed by atoms with van der Waals surface area (Å²) in [6.07, 6.45) is 0.599. The van der Waals surface area contributed by atoms with E-state index in [1.54, 1.807) is 20.1 Å². The second-order valence-electron chi connectivity index (χ2n) is 7.24. The van der Waals surface area contributed by atoms with Gasteiger partial charge in [0.05, 0.1) is 18.5 Å². The number of carbonyl (C=O) groups is 2. The third kappa shape index (κ3) is 1.96. The van der Waals surface area contributed by atoms with Crippen LogP contribution in [0.3, 0.4) is 0 Å². The number of rotatable bonds is 2. The molecule has 0 saturated carbocycles. The number of ether oxygens (including phenoxy) is 1. The normalized spacial score (nSPS) is 21.2. The van der Waals surface area contributed by atoms with E-state index in [9.17, 15) is 14.0 Å². The fraction of sp³-hybridized carbons (Fsp3) is 0.238. The predicted octanol–water partition coefficient (Wildman–Crippen LogP) is 3.56. The van der Waals surface area contributed by atoms with E-state index in [-0.39, 0.29) is 5.69 Å². The van der Waals surface area contributed by atoms with Crippen LogP contribution < -0.4 is 9.64 Å². The summed E-state index contributed by atoms with van der Waals surface area (Å²) in [4.78, 5) is 32.3. The highest BCUT2D eigenvalue weighted by molar-refractivity contribution is 6.23. The van der Waals surface area contributed by atoms with E-state index >= 15 is 0 Å². The molecule has 2 aromatic carbocycles. The molecule has 0 unspecified atom stereocenters. The Kier molecular flexibility index (Phi) is 3.34. The Balaban J connectivity index is 1.70.